The fraction of sp³-hybridized carbons (Fsp3) is 0.524. The van der Waals surface area contributed by atoms with Gasteiger partial charge in [0.25, 0.3) is 0 Å². The van der Waals surface area contributed by atoms with Crippen LogP contribution in [0.15, 0.2) is 34.7 Å². The average Bonchev–Trinajstić information content (AvgIpc) is 3.02. The normalized spacial score (nSPS) is 17.2. The quantitative estimate of drug-likeness (QED) is 0.805. The summed E-state index contributed by atoms with van der Waals surface area (Å²) in [7, 11) is 0. The molecule has 1 aromatic heterocycles. The first-order chi connectivity index (χ1) is 11.5. The molecule has 0 radical (unpaired) electrons. The van der Waals surface area contributed by atoms with Gasteiger partial charge in [0.05, 0.1) is 0 Å². The lowest BCUT2D eigenvalue weighted by Gasteiger charge is -2.37. The van der Waals surface area contributed by atoms with Gasteiger partial charge in [0.2, 0.25) is 0 Å². The first-order valence-electron chi connectivity index (χ1n) is 9.14. The Morgan fingerprint density at radius 3 is 2.42 bits per heavy atom. The summed E-state index contributed by atoms with van der Waals surface area (Å²) in [5, 5.41) is 0. The Balaban J connectivity index is 1.49. The summed E-state index contributed by atoms with van der Waals surface area (Å²) < 4.78 is 5.76. The fourth-order valence-electron chi connectivity index (χ4n) is 3.53. The maximum Gasteiger partial charge on any atom is 0.107 e. The van der Waals surface area contributed by atoms with Crippen LogP contribution in [0.3, 0.4) is 0 Å². The van der Waals surface area contributed by atoms with Crippen LogP contribution < -0.4 is 4.90 Å². The largest absolute Gasteiger partial charge is 0.466 e. The summed E-state index contributed by atoms with van der Waals surface area (Å²) in [5.74, 6) is 2.64. The fourth-order valence-corrected chi connectivity index (χ4v) is 3.53. The molecule has 0 amide bonds. The van der Waals surface area contributed by atoms with Crippen molar-refractivity contribution in [2.45, 2.75) is 40.0 Å². The van der Waals surface area contributed by atoms with Crippen LogP contribution in [0.25, 0.3) is 0 Å². The van der Waals surface area contributed by atoms with E-state index < -0.39 is 0 Å². The number of hydrogen-bond acceptors (Lipinski definition) is 3. The number of hydrogen-bond donors (Lipinski definition) is 0. The molecule has 1 fully saturated rings. The highest BCUT2D eigenvalue weighted by molar-refractivity contribution is 5.56. The Hall–Kier alpha value is -1.74. The lowest BCUT2D eigenvalue weighted by molar-refractivity contribution is 0.246. The van der Waals surface area contributed by atoms with Crippen molar-refractivity contribution < 1.29 is 4.42 Å². The number of furan rings is 1. The highest BCUT2D eigenvalue weighted by atomic mass is 16.3. The molecule has 0 N–H and O–H groups in total. The Kier molecular flexibility index (Phi) is 5.30. The van der Waals surface area contributed by atoms with E-state index in [2.05, 4.69) is 60.9 Å². The molecule has 0 unspecified atom stereocenters. The van der Waals surface area contributed by atoms with Gasteiger partial charge >= 0.3 is 0 Å². The van der Waals surface area contributed by atoms with Gasteiger partial charge < -0.3 is 9.32 Å². The van der Waals surface area contributed by atoms with Gasteiger partial charge in [-0.05, 0) is 63.1 Å². The second-order valence-corrected chi connectivity index (χ2v) is 7.19. The minimum Gasteiger partial charge on any atom is -0.466 e. The lowest BCUT2D eigenvalue weighted by Crippen LogP contribution is -2.47. The molecule has 1 aromatic carbocycles. The minimum absolute atomic E-state index is 0.496. The first-order valence-corrected chi connectivity index (χ1v) is 9.14. The summed E-state index contributed by atoms with van der Waals surface area (Å²) in [6, 6.07) is 10.8. The predicted octanol–water partition coefficient (Wildman–Crippen LogP) is 4.52. The molecule has 1 aliphatic heterocycles. The van der Waals surface area contributed by atoms with Gasteiger partial charge in [-0.3, -0.25) is 4.90 Å². The summed E-state index contributed by atoms with van der Waals surface area (Å²) in [6.45, 7) is 14.4. The Morgan fingerprint density at radius 2 is 1.75 bits per heavy atom. The molecule has 0 bridgehead atoms. The van der Waals surface area contributed by atoms with E-state index in [4.69, 9.17) is 4.42 Å². The van der Waals surface area contributed by atoms with Crippen LogP contribution in [0.1, 0.15) is 41.9 Å². The van der Waals surface area contributed by atoms with Crippen LogP contribution in [0, 0.1) is 20.8 Å². The van der Waals surface area contributed by atoms with Crippen LogP contribution in [0.2, 0.25) is 0 Å². The van der Waals surface area contributed by atoms with Crippen molar-refractivity contribution in [2.75, 3.05) is 37.6 Å². The minimum atomic E-state index is 0.496. The third-order valence-corrected chi connectivity index (χ3v) is 5.41. The molecule has 1 saturated heterocycles. The Labute approximate surface area is 146 Å². The summed E-state index contributed by atoms with van der Waals surface area (Å²) in [4.78, 5) is 5.13. The molecule has 3 nitrogen and oxygen atoms in total. The molecule has 3 rings (SSSR count). The van der Waals surface area contributed by atoms with Crippen LogP contribution in [-0.2, 0) is 0 Å². The summed E-state index contributed by atoms with van der Waals surface area (Å²) in [6.07, 6.45) is 1.16. The number of nitrogens with zero attached hydrogens (tertiary/aromatic N) is 2. The van der Waals surface area contributed by atoms with Gasteiger partial charge in [-0.15, -0.1) is 0 Å². The van der Waals surface area contributed by atoms with Crippen molar-refractivity contribution in [3.63, 3.8) is 0 Å². The third-order valence-electron chi connectivity index (χ3n) is 5.41. The molecule has 0 saturated carbocycles. The standard InChI is InChI=1S/C21H30N2O/c1-16-6-5-7-20(19(16)4)23-14-12-22(13-15-23)11-10-17(2)21-9-8-18(3)24-21/h5-9,17H,10-15H2,1-4H3/t17-/m0/s1. The number of rotatable bonds is 5. The highest BCUT2D eigenvalue weighted by Crippen LogP contribution is 2.25. The van der Waals surface area contributed by atoms with Crippen molar-refractivity contribution in [3.05, 3.63) is 53.0 Å². The average molecular weight is 326 g/mol. The summed E-state index contributed by atoms with van der Waals surface area (Å²) >= 11 is 0. The lowest BCUT2D eigenvalue weighted by atomic mass is 10.0. The maximum atomic E-state index is 5.76. The number of piperazine rings is 1. The van der Waals surface area contributed by atoms with E-state index in [1.807, 2.05) is 6.92 Å². The molecule has 24 heavy (non-hydrogen) atoms. The van der Waals surface area contributed by atoms with Gasteiger partial charge in [-0.25, -0.2) is 0 Å². The maximum absolute atomic E-state index is 5.76. The Bertz CT molecular complexity index is 668. The van der Waals surface area contributed by atoms with Gasteiger partial charge in [0, 0.05) is 37.8 Å². The monoisotopic (exact) mass is 326 g/mol. The Morgan fingerprint density at radius 1 is 1.00 bits per heavy atom. The second kappa shape index (κ2) is 7.43. The van der Waals surface area contributed by atoms with E-state index in [0.717, 1.165) is 50.7 Å². The van der Waals surface area contributed by atoms with Crippen molar-refractivity contribution in [3.8, 4) is 0 Å². The van der Waals surface area contributed by atoms with Gasteiger partial charge in [0.15, 0.2) is 0 Å². The van der Waals surface area contributed by atoms with E-state index in [9.17, 15) is 0 Å². The predicted molar refractivity (Wildman–Crippen MR) is 101 cm³/mol. The van der Waals surface area contributed by atoms with E-state index >= 15 is 0 Å². The van der Waals surface area contributed by atoms with E-state index in [1.165, 1.54) is 16.8 Å². The smallest absolute Gasteiger partial charge is 0.107 e. The van der Waals surface area contributed by atoms with Gasteiger partial charge in [0.1, 0.15) is 11.5 Å². The number of aryl methyl sites for hydroxylation is 2. The molecule has 1 atom stereocenters. The molecule has 2 aromatic rings. The van der Waals surface area contributed by atoms with E-state index in [0.29, 0.717) is 5.92 Å². The molecule has 1 aliphatic rings. The van der Waals surface area contributed by atoms with Crippen molar-refractivity contribution in [1.82, 2.24) is 4.90 Å². The SMILES string of the molecule is Cc1ccc([C@@H](C)CCN2CCN(c3cccc(C)c3C)CC2)o1. The van der Waals surface area contributed by atoms with Crippen LogP contribution in [-0.4, -0.2) is 37.6 Å². The molecule has 2 heterocycles. The zero-order valence-electron chi connectivity index (χ0n) is 15.5. The second-order valence-electron chi connectivity index (χ2n) is 7.19. The van der Waals surface area contributed by atoms with E-state index in [1.54, 1.807) is 0 Å². The molecule has 0 spiro atoms. The molecule has 3 heteroatoms. The van der Waals surface area contributed by atoms with Crippen LogP contribution >= 0.6 is 0 Å². The molecule has 0 aliphatic carbocycles. The summed E-state index contributed by atoms with van der Waals surface area (Å²) in [5.41, 5.74) is 4.22. The number of anilines is 1. The van der Waals surface area contributed by atoms with Crippen molar-refractivity contribution in [2.24, 2.45) is 0 Å². The highest BCUT2D eigenvalue weighted by Gasteiger charge is 2.19. The van der Waals surface area contributed by atoms with Crippen molar-refractivity contribution >= 4 is 5.69 Å². The number of benzene rings is 1. The van der Waals surface area contributed by atoms with E-state index in [-0.39, 0.29) is 0 Å². The van der Waals surface area contributed by atoms with Gasteiger partial charge in [-0.1, -0.05) is 19.1 Å². The molecular weight excluding hydrogens is 296 g/mol. The molecular formula is C21H30N2O. The topological polar surface area (TPSA) is 19.6 Å². The van der Waals surface area contributed by atoms with Gasteiger partial charge in [-0.2, -0.15) is 0 Å². The first kappa shape index (κ1) is 17.1. The van der Waals surface area contributed by atoms with Crippen LogP contribution in [0.4, 0.5) is 5.69 Å². The van der Waals surface area contributed by atoms with Crippen molar-refractivity contribution in [1.29, 1.82) is 0 Å². The third kappa shape index (κ3) is 3.84. The zero-order chi connectivity index (χ0) is 17.1. The van der Waals surface area contributed by atoms with Crippen LogP contribution in [0.5, 0.6) is 0 Å². The zero-order valence-corrected chi connectivity index (χ0v) is 15.5. The molecule has 130 valence electrons.